The molecular formula is C15H20F12OSi. The molecule has 0 aromatic rings. The summed E-state index contributed by atoms with van der Waals surface area (Å²) in [6, 6.07) is 0. The Labute approximate surface area is 160 Å². The number of allylic oxidation sites excluding steroid dienone is 2. The lowest BCUT2D eigenvalue weighted by Crippen LogP contribution is -2.66. The Hall–Kier alpha value is -1.08. The molecule has 0 aliphatic heterocycles. The molecule has 0 amide bonds. The highest BCUT2D eigenvalue weighted by Crippen LogP contribution is 2.59. The number of hydrogen-bond donors (Lipinski definition) is 0. The third kappa shape index (κ3) is 5.54. The zero-order chi connectivity index (χ0) is 23.7. The Morgan fingerprint density at radius 1 is 0.724 bits per heavy atom. The van der Waals surface area contributed by atoms with Gasteiger partial charge in [-0.05, 0) is 26.1 Å². The van der Waals surface area contributed by atoms with Crippen molar-refractivity contribution in [2.24, 2.45) is 0 Å². The van der Waals surface area contributed by atoms with Gasteiger partial charge in [-0.3, -0.25) is 0 Å². The summed E-state index contributed by atoms with van der Waals surface area (Å²) < 4.78 is 163. The van der Waals surface area contributed by atoms with Crippen molar-refractivity contribution in [2.45, 2.75) is 82.1 Å². The summed E-state index contributed by atoms with van der Waals surface area (Å²) in [6.45, 7) is 5.51. The monoisotopic (exact) mass is 472 g/mol. The molecule has 0 spiro atoms. The van der Waals surface area contributed by atoms with E-state index in [0.29, 0.717) is 6.42 Å². The van der Waals surface area contributed by atoms with Crippen molar-refractivity contribution in [3.63, 3.8) is 0 Å². The molecule has 0 aliphatic carbocycles. The van der Waals surface area contributed by atoms with Gasteiger partial charge in [0.25, 0.3) is 0 Å². The Morgan fingerprint density at radius 3 is 1.52 bits per heavy atom. The van der Waals surface area contributed by atoms with Gasteiger partial charge in [-0.1, -0.05) is 19.8 Å². The van der Waals surface area contributed by atoms with Crippen LogP contribution < -0.4 is 0 Å². The topological polar surface area (TPSA) is 9.23 Å². The second kappa shape index (κ2) is 8.58. The van der Waals surface area contributed by atoms with E-state index in [4.69, 9.17) is 4.43 Å². The molecule has 0 fully saturated rings. The van der Waals surface area contributed by atoms with Gasteiger partial charge in [-0.15, -0.1) is 0 Å². The zero-order valence-corrected chi connectivity index (χ0v) is 16.8. The van der Waals surface area contributed by atoms with Gasteiger partial charge in [0, 0.05) is 6.42 Å². The van der Waals surface area contributed by atoms with E-state index >= 15 is 0 Å². The Morgan fingerprint density at radius 2 is 1.17 bits per heavy atom. The van der Waals surface area contributed by atoms with Crippen molar-refractivity contribution >= 4 is 8.32 Å². The first-order chi connectivity index (χ1) is 12.6. The van der Waals surface area contributed by atoms with Gasteiger partial charge in [0.15, 0.2) is 0 Å². The first kappa shape index (κ1) is 27.9. The van der Waals surface area contributed by atoms with Crippen molar-refractivity contribution in [1.29, 1.82) is 0 Å². The molecule has 174 valence electrons. The summed E-state index contributed by atoms with van der Waals surface area (Å²) in [5, 5.41) is 0. The Balaban J connectivity index is 6.44. The van der Waals surface area contributed by atoms with Gasteiger partial charge >= 0.3 is 29.9 Å². The lowest BCUT2D eigenvalue weighted by molar-refractivity contribution is -0.419. The van der Waals surface area contributed by atoms with Crippen LogP contribution in [0.1, 0.15) is 32.6 Å². The molecule has 0 atom stereocenters. The predicted octanol–water partition coefficient (Wildman–Crippen LogP) is 7.70. The van der Waals surface area contributed by atoms with Gasteiger partial charge in [0.05, 0.1) is 0 Å². The highest BCUT2D eigenvalue weighted by molar-refractivity contribution is 6.70. The quantitative estimate of drug-likeness (QED) is 0.137. The van der Waals surface area contributed by atoms with Crippen LogP contribution in [-0.2, 0) is 4.43 Å². The second-order valence-electron chi connectivity index (χ2n) is 7.20. The molecule has 0 bridgehead atoms. The normalized spacial score (nSPS) is 16.0. The van der Waals surface area contributed by atoms with E-state index < -0.39 is 56.2 Å². The van der Waals surface area contributed by atoms with Crippen LogP contribution in [-0.4, -0.2) is 38.2 Å². The number of rotatable bonds is 10. The highest BCUT2D eigenvalue weighted by Gasteiger charge is 2.88. The van der Waals surface area contributed by atoms with E-state index in [9.17, 15) is 52.7 Å². The predicted molar refractivity (Wildman–Crippen MR) is 82.6 cm³/mol. The molecule has 0 aromatic heterocycles. The molecule has 0 heterocycles. The van der Waals surface area contributed by atoms with Gasteiger partial charge in [-0.25, -0.2) is 4.39 Å². The molecule has 1 nitrogen and oxygen atoms in total. The summed E-state index contributed by atoms with van der Waals surface area (Å²) in [5.41, 5.74) is 0. The molecule has 0 aliphatic rings. The molecule has 0 aromatic carbocycles. The van der Waals surface area contributed by atoms with Crippen LogP contribution in [0.4, 0.5) is 52.7 Å². The fraction of sp³-hybridized carbons (Fsp3) is 0.867. The van der Waals surface area contributed by atoms with Gasteiger partial charge in [0.1, 0.15) is 5.76 Å². The van der Waals surface area contributed by atoms with E-state index in [-0.39, 0.29) is 12.8 Å². The van der Waals surface area contributed by atoms with Crippen molar-refractivity contribution in [2.75, 3.05) is 0 Å². The fourth-order valence-corrected chi connectivity index (χ4v) is 2.93. The maximum absolute atomic E-state index is 14.2. The van der Waals surface area contributed by atoms with E-state index in [2.05, 4.69) is 0 Å². The first-order valence-corrected chi connectivity index (χ1v) is 11.6. The minimum Gasteiger partial charge on any atom is -0.545 e. The summed E-state index contributed by atoms with van der Waals surface area (Å²) >= 11 is 0. The van der Waals surface area contributed by atoms with Crippen molar-refractivity contribution in [1.82, 2.24) is 0 Å². The molecule has 0 saturated carbocycles. The minimum absolute atomic E-state index is 0.111. The molecule has 0 unspecified atom stereocenters. The van der Waals surface area contributed by atoms with Crippen LogP contribution in [0.5, 0.6) is 0 Å². The fourth-order valence-electron chi connectivity index (χ4n) is 2.00. The summed E-state index contributed by atoms with van der Waals surface area (Å²) in [4.78, 5) is 0. The summed E-state index contributed by atoms with van der Waals surface area (Å²) in [5.74, 6) is -34.1. The molecule has 14 heteroatoms. The third-order valence-corrected chi connectivity index (χ3v) is 4.36. The first-order valence-electron chi connectivity index (χ1n) is 8.24. The largest absolute Gasteiger partial charge is 0.545 e. The van der Waals surface area contributed by atoms with Crippen molar-refractivity contribution < 1.29 is 57.1 Å². The average molecular weight is 472 g/mol. The number of hydrogen-bond acceptors (Lipinski definition) is 1. The highest BCUT2D eigenvalue weighted by atomic mass is 28.4. The molecule has 0 saturated heterocycles. The lowest BCUT2D eigenvalue weighted by Gasteiger charge is -2.37. The van der Waals surface area contributed by atoms with Gasteiger partial charge in [-0.2, -0.15) is 48.3 Å². The SMILES string of the molecule is CCCCC/C(O[Si](C)(C)C)=C(\F)C(F)(F)C(F)(F)C(F)(F)C(F)(F)C(F)(F)F. The van der Waals surface area contributed by atoms with Crippen LogP contribution >= 0.6 is 0 Å². The maximum atomic E-state index is 14.2. The molecule has 0 N–H and O–H groups in total. The summed E-state index contributed by atoms with van der Waals surface area (Å²) in [6.07, 6.45) is -7.47. The van der Waals surface area contributed by atoms with Crippen LogP contribution in [0.25, 0.3) is 0 Å². The average Bonchev–Trinajstić information content (AvgIpc) is 2.50. The number of unbranched alkanes of at least 4 members (excludes halogenated alkanes) is 2. The van der Waals surface area contributed by atoms with E-state index in [1.54, 1.807) is 6.92 Å². The third-order valence-electron chi connectivity index (χ3n) is 3.50. The van der Waals surface area contributed by atoms with Gasteiger partial charge in [0.2, 0.25) is 14.1 Å². The van der Waals surface area contributed by atoms with Crippen molar-refractivity contribution in [3.8, 4) is 0 Å². The number of alkyl halides is 11. The molecule has 0 radical (unpaired) electrons. The molecular weight excluding hydrogens is 452 g/mol. The standard InChI is InChI=1S/C15H20F12OSi/c1-5-6-7-8-9(28-29(2,3)4)10(16)11(17,18)12(19,20)13(21,22)14(23,24)15(25,26)27/h5-8H2,1-4H3/b10-9+. The molecule has 29 heavy (non-hydrogen) atoms. The van der Waals surface area contributed by atoms with Gasteiger partial charge < -0.3 is 4.43 Å². The number of halogens is 12. The van der Waals surface area contributed by atoms with E-state index in [1.165, 1.54) is 19.6 Å². The molecule has 0 rings (SSSR count). The zero-order valence-electron chi connectivity index (χ0n) is 15.8. The minimum atomic E-state index is -7.66. The van der Waals surface area contributed by atoms with Crippen LogP contribution in [0.3, 0.4) is 0 Å². The Bertz CT molecular complexity index is 589. The second-order valence-corrected chi connectivity index (χ2v) is 11.6. The Kier molecular flexibility index (Phi) is 8.25. The van der Waals surface area contributed by atoms with E-state index in [0.717, 1.165) is 0 Å². The van der Waals surface area contributed by atoms with Crippen LogP contribution in [0, 0.1) is 0 Å². The van der Waals surface area contributed by atoms with E-state index in [1.807, 2.05) is 0 Å². The van der Waals surface area contributed by atoms with Crippen LogP contribution in [0.15, 0.2) is 11.6 Å². The summed E-state index contributed by atoms with van der Waals surface area (Å²) in [7, 11) is -2.99. The maximum Gasteiger partial charge on any atom is 0.460 e. The smallest absolute Gasteiger partial charge is 0.460 e. The van der Waals surface area contributed by atoms with Crippen LogP contribution in [0.2, 0.25) is 19.6 Å². The van der Waals surface area contributed by atoms with Crippen molar-refractivity contribution in [3.05, 3.63) is 11.6 Å². The lowest BCUT2D eigenvalue weighted by atomic mass is 9.96.